The number of hydrogen-bond acceptors (Lipinski definition) is 1. The molecule has 0 saturated carbocycles. The van der Waals surface area contributed by atoms with Crippen LogP contribution in [-0.4, -0.2) is 5.91 Å². The molecular formula is C8H8ClNO. The lowest BCUT2D eigenvalue weighted by atomic mass is 10.2. The summed E-state index contributed by atoms with van der Waals surface area (Å²) in [5, 5.41) is 2.76. The number of carbonyl (C=O) groups excluding carboxylic acids is 1. The van der Waals surface area contributed by atoms with Gasteiger partial charge < -0.3 is 5.32 Å². The highest BCUT2D eigenvalue weighted by atomic mass is 35.5. The summed E-state index contributed by atoms with van der Waals surface area (Å²) in [6, 6.07) is 7.75. The first-order valence-electron chi connectivity index (χ1n) is 3.24. The van der Waals surface area contributed by atoms with Gasteiger partial charge in [0.15, 0.2) is 0 Å². The van der Waals surface area contributed by atoms with E-state index in [1.165, 1.54) is 0 Å². The van der Waals surface area contributed by atoms with E-state index in [1.807, 2.05) is 24.3 Å². The van der Waals surface area contributed by atoms with Crippen LogP contribution in [-0.2, 0) is 11.2 Å². The molecule has 58 valence electrons. The van der Waals surface area contributed by atoms with Crippen LogP contribution in [0.5, 0.6) is 0 Å². The topological polar surface area (TPSA) is 29.1 Å². The Balaban J connectivity index is 0.000000605. The second-order valence-corrected chi connectivity index (χ2v) is 2.38. The molecule has 1 heterocycles. The maximum atomic E-state index is 10.8. The Kier molecular flexibility index (Phi) is 2.15. The van der Waals surface area contributed by atoms with Crippen LogP contribution in [0, 0.1) is 0 Å². The van der Waals surface area contributed by atoms with E-state index >= 15 is 0 Å². The first-order chi connectivity index (χ1) is 4.86. The maximum Gasteiger partial charge on any atom is 0.228 e. The predicted octanol–water partition coefficient (Wildman–Crippen LogP) is 1.60. The minimum absolute atomic E-state index is 0. The standard InChI is InChI=1S/C8H7NO.ClH/c10-8-5-6-3-1-2-4-7(6)9-8;/h1-4H,5H2,(H,9,10);1H. The Morgan fingerprint density at radius 3 is 2.73 bits per heavy atom. The molecule has 0 fully saturated rings. The summed E-state index contributed by atoms with van der Waals surface area (Å²) in [5.74, 6) is 0.0983. The quantitative estimate of drug-likeness (QED) is 0.628. The summed E-state index contributed by atoms with van der Waals surface area (Å²) < 4.78 is 0. The van der Waals surface area contributed by atoms with Gasteiger partial charge in [-0.3, -0.25) is 4.79 Å². The highest BCUT2D eigenvalue weighted by molar-refractivity contribution is 5.98. The van der Waals surface area contributed by atoms with E-state index in [9.17, 15) is 4.79 Å². The molecule has 0 spiro atoms. The zero-order valence-corrected chi connectivity index (χ0v) is 6.65. The molecule has 0 saturated heterocycles. The van der Waals surface area contributed by atoms with Crippen molar-refractivity contribution in [2.75, 3.05) is 5.32 Å². The first kappa shape index (κ1) is 8.08. The average molecular weight is 170 g/mol. The lowest BCUT2D eigenvalue weighted by Gasteiger charge is -1.93. The van der Waals surface area contributed by atoms with Crippen molar-refractivity contribution in [1.29, 1.82) is 0 Å². The number of para-hydroxylation sites is 1. The Hall–Kier alpha value is -1.02. The maximum absolute atomic E-state index is 10.8. The smallest absolute Gasteiger partial charge is 0.228 e. The summed E-state index contributed by atoms with van der Waals surface area (Å²) >= 11 is 0. The molecule has 1 aromatic carbocycles. The third-order valence-electron chi connectivity index (χ3n) is 1.64. The zero-order chi connectivity index (χ0) is 6.97. The van der Waals surface area contributed by atoms with Crippen LogP contribution in [0.15, 0.2) is 24.3 Å². The molecule has 0 unspecified atom stereocenters. The van der Waals surface area contributed by atoms with E-state index in [0.717, 1.165) is 11.3 Å². The lowest BCUT2D eigenvalue weighted by Crippen LogP contribution is -2.03. The molecule has 1 amide bonds. The Morgan fingerprint density at radius 1 is 1.27 bits per heavy atom. The van der Waals surface area contributed by atoms with Gasteiger partial charge in [-0.25, -0.2) is 0 Å². The minimum atomic E-state index is 0. The largest absolute Gasteiger partial charge is 0.326 e. The molecule has 1 aliphatic heterocycles. The van der Waals surface area contributed by atoms with Gasteiger partial charge in [0.05, 0.1) is 6.42 Å². The van der Waals surface area contributed by atoms with E-state index in [4.69, 9.17) is 0 Å². The van der Waals surface area contributed by atoms with Crippen LogP contribution in [0.2, 0.25) is 0 Å². The van der Waals surface area contributed by atoms with Gasteiger partial charge in [-0.1, -0.05) is 18.2 Å². The van der Waals surface area contributed by atoms with Crippen molar-refractivity contribution in [2.45, 2.75) is 6.42 Å². The molecule has 11 heavy (non-hydrogen) atoms. The number of carbonyl (C=O) groups is 1. The average Bonchev–Trinajstić information content (AvgIpc) is 2.27. The number of halogens is 1. The van der Waals surface area contributed by atoms with Crippen molar-refractivity contribution in [3.8, 4) is 0 Å². The SMILES string of the molecule is Cl.O=C1Cc2ccccc2N1. The second kappa shape index (κ2) is 2.93. The van der Waals surface area contributed by atoms with E-state index in [2.05, 4.69) is 5.32 Å². The van der Waals surface area contributed by atoms with Crippen LogP contribution in [0.1, 0.15) is 5.56 Å². The third-order valence-corrected chi connectivity index (χ3v) is 1.64. The Labute approximate surface area is 71.0 Å². The molecule has 0 bridgehead atoms. The number of hydrogen-bond donors (Lipinski definition) is 1. The van der Waals surface area contributed by atoms with Gasteiger partial charge in [0.25, 0.3) is 0 Å². The molecule has 0 radical (unpaired) electrons. The van der Waals surface area contributed by atoms with Crippen molar-refractivity contribution in [3.05, 3.63) is 29.8 Å². The van der Waals surface area contributed by atoms with Crippen LogP contribution < -0.4 is 5.32 Å². The van der Waals surface area contributed by atoms with Gasteiger partial charge in [0, 0.05) is 5.69 Å². The van der Waals surface area contributed by atoms with E-state index in [1.54, 1.807) is 0 Å². The van der Waals surface area contributed by atoms with Gasteiger partial charge >= 0.3 is 0 Å². The fourth-order valence-electron chi connectivity index (χ4n) is 1.16. The van der Waals surface area contributed by atoms with E-state index in [-0.39, 0.29) is 18.3 Å². The minimum Gasteiger partial charge on any atom is -0.326 e. The van der Waals surface area contributed by atoms with Crippen molar-refractivity contribution >= 4 is 24.0 Å². The molecular weight excluding hydrogens is 162 g/mol. The van der Waals surface area contributed by atoms with Crippen LogP contribution in [0.3, 0.4) is 0 Å². The number of benzene rings is 1. The summed E-state index contributed by atoms with van der Waals surface area (Å²) in [7, 11) is 0. The van der Waals surface area contributed by atoms with Crippen molar-refractivity contribution in [3.63, 3.8) is 0 Å². The fraction of sp³-hybridized carbons (Fsp3) is 0.125. The summed E-state index contributed by atoms with van der Waals surface area (Å²) in [5.41, 5.74) is 2.07. The van der Waals surface area contributed by atoms with Gasteiger partial charge in [-0.2, -0.15) is 0 Å². The van der Waals surface area contributed by atoms with Gasteiger partial charge in [0.2, 0.25) is 5.91 Å². The van der Waals surface area contributed by atoms with Crippen LogP contribution in [0.25, 0.3) is 0 Å². The molecule has 0 atom stereocenters. The Bertz CT molecular complexity index is 258. The summed E-state index contributed by atoms with van der Waals surface area (Å²) in [4.78, 5) is 10.8. The van der Waals surface area contributed by atoms with E-state index in [0.29, 0.717) is 6.42 Å². The normalized spacial score (nSPS) is 13.3. The third kappa shape index (κ3) is 1.35. The lowest BCUT2D eigenvalue weighted by molar-refractivity contribution is -0.115. The second-order valence-electron chi connectivity index (χ2n) is 2.38. The predicted molar refractivity (Wildman–Crippen MR) is 46.0 cm³/mol. The van der Waals surface area contributed by atoms with Crippen molar-refractivity contribution in [2.24, 2.45) is 0 Å². The van der Waals surface area contributed by atoms with Crippen LogP contribution in [0.4, 0.5) is 5.69 Å². The monoisotopic (exact) mass is 169 g/mol. The summed E-state index contributed by atoms with van der Waals surface area (Å²) in [6.07, 6.45) is 0.538. The number of nitrogens with one attached hydrogen (secondary N) is 1. The van der Waals surface area contributed by atoms with Gasteiger partial charge in [-0.15, -0.1) is 12.4 Å². The fourth-order valence-corrected chi connectivity index (χ4v) is 1.16. The molecule has 1 aliphatic rings. The molecule has 3 heteroatoms. The number of anilines is 1. The number of amides is 1. The molecule has 0 aliphatic carbocycles. The van der Waals surface area contributed by atoms with Crippen molar-refractivity contribution < 1.29 is 4.79 Å². The first-order valence-corrected chi connectivity index (χ1v) is 3.24. The zero-order valence-electron chi connectivity index (χ0n) is 5.83. The molecule has 1 aromatic rings. The van der Waals surface area contributed by atoms with Gasteiger partial charge in [0.1, 0.15) is 0 Å². The highest BCUT2D eigenvalue weighted by Gasteiger charge is 2.15. The molecule has 2 nitrogen and oxygen atoms in total. The van der Waals surface area contributed by atoms with Gasteiger partial charge in [-0.05, 0) is 11.6 Å². The molecule has 2 rings (SSSR count). The van der Waals surface area contributed by atoms with E-state index < -0.39 is 0 Å². The molecule has 0 aromatic heterocycles. The Morgan fingerprint density at radius 2 is 2.00 bits per heavy atom. The molecule has 1 N–H and O–H groups in total. The number of fused-ring (bicyclic) bond motifs is 1. The van der Waals surface area contributed by atoms with Crippen LogP contribution >= 0.6 is 12.4 Å². The summed E-state index contributed by atoms with van der Waals surface area (Å²) in [6.45, 7) is 0. The van der Waals surface area contributed by atoms with Crippen molar-refractivity contribution in [1.82, 2.24) is 0 Å². The number of rotatable bonds is 0. The highest BCUT2D eigenvalue weighted by Crippen LogP contribution is 2.20.